The Morgan fingerprint density at radius 3 is 2.35 bits per heavy atom. The smallest absolute Gasteiger partial charge is 0.0364 e. The molecule has 2 rings (SSSR count). The molecule has 1 aliphatic rings. The number of rotatable bonds is 5. The van der Waals surface area contributed by atoms with Crippen LogP contribution in [0.2, 0.25) is 0 Å². The van der Waals surface area contributed by atoms with Crippen molar-refractivity contribution < 1.29 is 0 Å². The minimum Gasteiger partial charge on any atom is -0.374 e. The number of benzene rings is 1. The van der Waals surface area contributed by atoms with Crippen LogP contribution in [0.15, 0.2) is 29.2 Å². The molecule has 1 fully saturated rings. The van der Waals surface area contributed by atoms with Crippen LogP contribution in [0.3, 0.4) is 0 Å². The molecule has 17 heavy (non-hydrogen) atoms. The molecule has 2 nitrogen and oxygen atoms in total. The van der Waals surface area contributed by atoms with E-state index in [1.807, 2.05) is 0 Å². The Morgan fingerprint density at radius 1 is 1.29 bits per heavy atom. The van der Waals surface area contributed by atoms with Gasteiger partial charge in [-0.15, -0.1) is 11.8 Å². The molecule has 0 aromatic heterocycles. The lowest BCUT2D eigenvalue weighted by molar-refractivity contribution is 0.154. The number of hydrogen-bond acceptors (Lipinski definition) is 3. The van der Waals surface area contributed by atoms with Crippen molar-refractivity contribution in [3.8, 4) is 0 Å². The van der Waals surface area contributed by atoms with Crippen molar-refractivity contribution >= 4 is 17.4 Å². The summed E-state index contributed by atoms with van der Waals surface area (Å²) in [7, 11) is 2.17. The third-order valence-electron chi connectivity index (χ3n) is 3.93. The topological polar surface area (TPSA) is 29.3 Å². The van der Waals surface area contributed by atoms with Gasteiger partial charge in [0, 0.05) is 29.6 Å². The SMILES string of the molecule is CSc1ccc(N(C)CC2(CN)CCC2)cc1. The number of hydrogen-bond donors (Lipinski definition) is 1. The molecular formula is C14H22N2S. The highest BCUT2D eigenvalue weighted by molar-refractivity contribution is 7.98. The number of anilines is 1. The van der Waals surface area contributed by atoms with Gasteiger partial charge in [0.1, 0.15) is 0 Å². The Balaban J connectivity index is 2.01. The molecule has 0 bridgehead atoms. The van der Waals surface area contributed by atoms with Crippen LogP contribution in [0.25, 0.3) is 0 Å². The summed E-state index contributed by atoms with van der Waals surface area (Å²) in [5.41, 5.74) is 7.59. The molecule has 0 spiro atoms. The van der Waals surface area contributed by atoms with E-state index in [9.17, 15) is 0 Å². The predicted molar refractivity (Wildman–Crippen MR) is 76.8 cm³/mol. The van der Waals surface area contributed by atoms with Gasteiger partial charge < -0.3 is 10.6 Å². The van der Waals surface area contributed by atoms with Gasteiger partial charge in [-0.25, -0.2) is 0 Å². The maximum atomic E-state index is 5.91. The largest absolute Gasteiger partial charge is 0.374 e. The molecule has 1 aliphatic carbocycles. The molecule has 0 radical (unpaired) electrons. The van der Waals surface area contributed by atoms with Crippen LogP contribution in [0.4, 0.5) is 5.69 Å². The van der Waals surface area contributed by atoms with Gasteiger partial charge in [0.25, 0.3) is 0 Å². The van der Waals surface area contributed by atoms with Gasteiger partial charge in [0.2, 0.25) is 0 Å². The van der Waals surface area contributed by atoms with Crippen LogP contribution in [0.1, 0.15) is 19.3 Å². The van der Waals surface area contributed by atoms with Crippen LogP contribution in [-0.2, 0) is 0 Å². The molecule has 0 heterocycles. The van der Waals surface area contributed by atoms with Crippen molar-refractivity contribution in [3.05, 3.63) is 24.3 Å². The Labute approximate surface area is 109 Å². The Morgan fingerprint density at radius 2 is 1.94 bits per heavy atom. The first kappa shape index (κ1) is 12.8. The molecule has 0 saturated heterocycles. The van der Waals surface area contributed by atoms with Crippen LogP contribution in [-0.4, -0.2) is 26.4 Å². The van der Waals surface area contributed by atoms with Crippen molar-refractivity contribution in [2.24, 2.45) is 11.1 Å². The van der Waals surface area contributed by atoms with Gasteiger partial charge in [-0.2, -0.15) is 0 Å². The fourth-order valence-corrected chi connectivity index (χ4v) is 2.94. The van der Waals surface area contributed by atoms with E-state index in [4.69, 9.17) is 5.73 Å². The molecule has 0 atom stereocenters. The van der Waals surface area contributed by atoms with Crippen LogP contribution in [0.5, 0.6) is 0 Å². The fraction of sp³-hybridized carbons (Fsp3) is 0.571. The predicted octanol–water partition coefficient (Wildman–Crippen LogP) is 2.97. The quantitative estimate of drug-likeness (QED) is 0.815. The van der Waals surface area contributed by atoms with Crippen molar-refractivity contribution in [2.45, 2.75) is 24.2 Å². The summed E-state index contributed by atoms with van der Waals surface area (Å²) >= 11 is 1.78. The van der Waals surface area contributed by atoms with Crippen molar-refractivity contribution in [2.75, 3.05) is 31.3 Å². The average Bonchev–Trinajstić information content (AvgIpc) is 2.33. The van der Waals surface area contributed by atoms with E-state index >= 15 is 0 Å². The van der Waals surface area contributed by atoms with E-state index in [-0.39, 0.29) is 0 Å². The first-order valence-electron chi connectivity index (χ1n) is 6.24. The van der Waals surface area contributed by atoms with Gasteiger partial charge in [-0.3, -0.25) is 0 Å². The van der Waals surface area contributed by atoms with Crippen LogP contribution >= 0.6 is 11.8 Å². The summed E-state index contributed by atoms with van der Waals surface area (Å²) in [6, 6.07) is 8.78. The minimum atomic E-state index is 0.382. The fourth-order valence-electron chi connectivity index (χ4n) is 2.53. The monoisotopic (exact) mass is 250 g/mol. The zero-order valence-electron chi connectivity index (χ0n) is 10.8. The highest BCUT2D eigenvalue weighted by Gasteiger charge is 2.36. The standard InChI is InChI=1S/C14H22N2S/c1-16(11-14(10-15)8-3-9-14)12-4-6-13(17-2)7-5-12/h4-7H,3,8-11,15H2,1-2H3. The first-order chi connectivity index (χ1) is 8.19. The molecule has 1 aromatic rings. The lowest BCUT2D eigenvalue weighted by Crippen LogP contribution is -2.46. The molecule has 1 saturated carbocycles. The Hall–Kier alpha value is -0.670. The van der Waals surface area contributed by atoms with Crippen molar-refractivity contribution in [1.82, 2.24) is 0 Å². The second-order valence-corrected chi connectivity index (χ2v) is 5.99. The summed E-state index contributed by atoms with van der Waals surface area (Å²) in [5, 5.41) is 0. The van der Waals surface area contributed by atoms with E-state index in [1.54, 1.807) is 11.8 Å². The summed E-state index contributed by atoms with van der Waals surface area (Å²) in [5.74, 6) is 0. The molecule has 2 N–H and O–H groups in total. The highest BCUT2D eigenvalue weighted by Crippen LogP contribution is 2.41. The molecule has 3 heteroatoms. The summed E-state index contributed by atoms with van der Waals surface area (Å²) in [4.78, 5) is 3.66. The first-order valence-corrected chi connectivity index (χ1v) is 7.47. The molecule has 0 unspecified atom stereocenters. The van der Waals surface area contributed by atoms with E-state index in [2.05, 4.69) is 42.5 Å². The van der Waals surface area contributed by atoms with E-state index in [0.717, 1.165) is 13.1 Å². The van der Waals surface area contributed by atoms with Crippen molar-refractivity contribution in [3.63, 3.8) is 0 Å². The van der Waals surface area contributed by atoms with E-state index in [1.165, 1.54) is 29.8 Å². The zero-order valence-corrected chi connectivity index (χ0v) is 11.6. The summed E-state index contributed by atoms with van der Waals surface area (Å²) in [6.45, 7) is 1.91. The van der Waals surface area contributed by atoms with Gasteiger partial charge in [0.15, 0.2) is 0 Å². The maximum Gasteiger partial charge on any atom is 0.0364 e. The third kappa shape index (κ3) is 2.78. The van der Waals surface area contributed by atoms with Gasteiger partial charge in [-0.1, -0.05) is 6.42 Å². The number of thioether (sulfide) groups is 1. The Bertz CT molecular complexity index is 351. The van der Waals surface area contributed by atoms with Crippen LogP contribution in [0, 0.1) is 5.41 Å². The summed E-state index contributed by atoms with van der Waals surface area (Å²) < 4.78 is 0. The molecule has 0 amide bonds. The third-order valence-corrected chi connectivity index (χ3v) is 4.68. The average molecular weight is 250 g/mol. The molecule has 94 valence electrons. The number of nitrogens with two attached hydrogens (primary N) is 1. The second-order valence-electron chi connectivity index (χ2n) is 5.11. The van der Waals surface area contributed by atoms with Gasteiger partial charge in [0.05, 0.1) is 0 Å². The lowest BCUT2D eigenvalue weighted by atomic mass is 9.68. The normalized spacial score (nSPS) is 17.6. The molecule has 1 aromatic carbocycles. The molecule has 0 aliphatic heterocycles. The second kappa shape index (κ2) is 5.32. The van der Waals surface area contributed by atoms with Gasteiger partial charge >= 0.3 is 0 Å². The maximum absolute atomic E-state index is 5.91. The zero-order chi connectivity index (χ0) is 12.3. The highest BCUT2D eigenvalue weighted by atomic mass is 32.2. The van der Waals surface area contributed by atoms with Crippen LogP contribution < -0.4 is 10.6 Å². The van der Waals surface area contributed by atoms with Crippen molar-refractivity contribution in [1.29, 1.82) is 0 Å². The minimum absolute atomic E-state index is 0.382. The Kier molecular flexibility index (Phi) is 4.00. The lowest BCUT2D eigenvalue weighted by Gasteiger charge is -2.44. The summed E-state index contributed by atoms with van der Waals surface area (Å²) in [6.07, 6.45) is 6.03. The van der Waals surface area contributed by atoms with Gasteiger partial charge in [-0.05, 0) is 49.9 Å². The molecular weight excluding hydrogens is 228 g/mol. The number of nitrogens with zero attached hydrogens (tertiary/aromatic N) is 1. The van der Waals surface area contributed by atoms with E-state index in [0.29, 0.717) is 5.41 Å². The van der Waals surface area contributed by atoms with E-state index < -0.39 is 0 Å².